The van der Waals surface area contributed by atoms with Crippen LogP contribution in [-0.4, -0.2) is 27.2 Å². The highest BCUT2D eigenvalue weighted by molar-refractivity contribution is 5.87. The van der Waals surface area contributed by atoms with Gasteiger partial charge >= 0.3 is 5.97 Å². The molecule has 0 atom stereocenters. The second kappa shape index (κ2) is 6.30. The van der Waals surface area contributed by atoms with Gasteiger partial charge in [-0.1, -0.05) is 12.1 Å². The lowest BCUT2D eigenvalue weighted by Crippen LogP contribution is -2.04. The molecule has 3 aromatic rings. The standard InChI is InChI=1S/C17H16N2O3/c20-17(21)13-6-8-14(9-7-13)22-11-3-10-19-12-18-15-4-1-2-5-16(15)19/h1-2,4-9,12H,3,10-11H2,(H,20,21). The third-order valence-electron chi connectivity index (χ3n) is 3.44. The van der Waals surface area contributed by atoms with Crippen LogP contribution in [0.4, 0.5) is 0 Å². The molecule has 1 aromatic heterocycles. The van der Waals surface area contributed by atoms with Gasteiger partial charge in [0.15, 0.2) is 0 Å². The van der Waals surface area contributed by atoms with E-state index in [1.54, 1.807) is 24.3 Å². The zero-order valence-corrected chi connectivity index (χ0v) is 12.0. The fourth-order valence-corrected chi connectivity index (χ4v) is 2.31. The first kappa shape index (κ1) is 14.1. The first-order valence-corrected chi connectivity index (χ1v) is 7.10. The van der Waals surface area contributed by atoms with Crippen LogP contribution in [0.5, 0.6) is 5.75 Å². The molecule has 0 amide bonds. The molecule has 112 valence electrons. The molecule has 0 aliphatic heterocycles. The summed E-state index contributed by atoms with van der Waals surface area (Å²) in [6.07, 6.45) is 2.69. The van der Waals surface area contributed by atoms with Crippen molar-refractivity contribution in [2.24, 2.45) is 0 Å². The van der Waals surface area contributed by atoms with Crippen LogP contribution in [0, 0.1) is 0 Å². The van der Waals surface area contributed by atoms with Crippen molar-refractivity contribution in [1.82, 2.24) is 9.55 Å². The van der Waals surface area contributed by atoms with Gasteiger partial charge in [0.05, 0.1) is 29.5 Å². The van der Waals surface area contributed by atoms with Crippen LogP contribution in [0.15, 0.2) is 54.9 Å². The molecular weight excluding hydrogens is 280 g/mol. The summed E-state index contributed by atoms with van der Waals surface area (Å²) >= 11 is 0. The third-order valence-corrected chi connectivity index (χ3v) is 3.44. The minimum atomic E-state index is -0.932. The first-order valence-electron chi connectivity index (χ1n) is 7.10. The lowest BCUT2D eigenvalue weighted by molar-refractivity contribution is 0.0697. The highest BCUT2D eigenvalue weighted by atomic mass is 16.5. The molecule has 1 heterocycles. The van der Waals surface area contributed by atoms with E-state index < -0.39 is 5.97 Å². The van der Waals surface area contributed by atoms with Gasteiger partial charge in [0, 0.05) is 6.54 Å². The normalized spacial score (nSPS) is 10.7. The van der Waals surface area contributed by atoms with Crippen molar-refractivity contribution >= 4 is 17.0 Å². The number of aromatic carboxylic acids is 1. The predicted octanol–water partition coefficient (Wildman–Crippen LogP) is 3.20. The Labute approximate surface area is 127 Å². The molecule has 1 N–H and O–H groups in total. The predicted molar refractivity (Wildman–Crippen MR) is 83.2 cm³/mol. The Bertz CT molecular complexity index is 778. The van der Waals surface area contributed by atoms with Crippen LogP contribution >= 0.6 is 0 Å². The maximum atomic E-state index is 10.8. The topological polar surface area (TPSA) is 64.3 Å². The zero-order valence-electron chi connectivity index (χ0n) is 12.0. The van der Waals surface area contributed by atoms with E-state index in [2.05, 4.69) is 9.55 Å². The van der Waals surface area contributed by atoms with Crippen molar-refractivity contribution in [3.8, 4) is 5.75 Å². The smallest absolute Gasteiger partial charge is 0.335 e. The number of carboxylic acids is 1. The molecule has 0 saturated carbocycles. The van der Waals surface area contributed by atoms with Gasteiger partial charge in [-0.2, -0.15) is 0 Å². The Morgan fingerprint density at radius 1 is 1.14 bits per heavy atom. The highest BCUT2D eigenvalue weighted by Gasteiger charge is 2.03. The molecular formula is C17H16N2O3. The second-order valence-electron chi connectivity index (χ2n) is 4.96. The lowest BCUT2D eigenvalue weighted by atomic mass is 10.2. The van der Waals surface area contributed by atoms with Crippen molar-refractivity contribution in [2.45, 2.75) is 13.0 Å². The van der Waals surface area contributed by atoms with Crippen LogP contribution in [0.3, 0.4) is 0 Å². The number of hydrogen-bond donors (Lipinski definition) is 1. The first-order chi connectivity index (χ1) is 10.7. The van der Waals surface area contributed by atoms with Gasteiger partial charge in [-0.05, 0) is 42.8 Å². The minimum Gasteiger partial charge on any atom is -0.494 e. The van der Waals surface area contributed by atoms with E-state index in [9.17, 15) is 4.79 Å². The summed E-state index contributed by atoms with van der Waals surface area (Å²) in [5.74, 6) is -0.251. The van der Waals surface area contributed by atoms with Gasteiger partial charge in [-0.25, -0.2) is 9.78 Å². The summed E-state index contributed by atoms with van der Waals surface area (Å²) in [7, 11) is 0. The summed E-state index contributed by atoms with van der Waals surface area (Å²) < 4.78 is 7.73. The number of benzene rings is 2. The molecule has 0 unspecified atom stereocenters. The van der Waals surface area contributed by atoms with Crippen LogP contribution in [0.2, 0.25) is 0 Å². The maximum Gasteiger partial charge on any atom is 0.335 e. The Morgan fingerprint density at radius 2 is 1.91 bits per heavy atom. The summed E-state index contributed by atoms with van der Waals surface area (Å²) in [6.45, 7) is 1.40. The van der Waals surface area contributed by atoms with Crippen molar-refractivity contribution < 1.29 is 14.6 Å². The summed E-state index contributed by atoms with van der Waals surface area (Å²) in [4.78, 5) is 15.1. The van der Waals surface area contributed by atoms with Gasteiger partial charge in [-0.15, -0.1) is 0 Å². The molecule has 0 spiro atoms. The van der Waals surface area contributed by atoms with Crippen molar-refractivity contribution in [2.75, 3.05) is 6.61 Å². The average Bonchev–Trinajstić information content (AvgIpc) is 2.95. The number of aryl methyl sites for hydroxylation is 1. The number of carbonyl (C=O) groups is 1. The summed E-state index contributed by atoms with van der Waals surface area (Å²) in [5.41, 5.74) is 2.37. The van der Waals surface area contributed by atoms with E-state index in [0.29, 0.717) is 12.4 Å². The summed E-state index contributed by atoms with van der Waals surface area (Å²) in [6, 6.07) is 14.5. The molecule has 2 aromatic carbocycles. The van der Waals surface area contributed by atoms with Gasteiger partial charge in [0.25, 0.3) is 0 Å². The number of carboxylic acid groups (broad SMARTS) is 1. The Kier molecular flexibility index (Phi) is 4.05. The van der Waals surface area contributed by atoms with Crippen LogP contribution in [-0.2, 0) is 6.54 Å². The molecule has 0 aliphatic rings. The number of ether oxygens (including phenoxy) is 1. The van der Waals surface area contributed by atoms with Gasteiger partial charge in [0.1, 0.15) is 5.75 Å². The fourth-order valence-electron chi connectivity index (χ4n) is 2.31. The molecule has 0 aliphatic carbocycles. The molecule has 0 fully saturated rings. The number of fused-ring (bicyclic) bond motifs is 1. The van der Waals surface area contributed by atoms with Crippen molar-refractivity contribution in [1.29, 1.82) is 0 Å². The fraction of sp³-hybridized carbons (Fsp3) is 0.176. The van der Waals surface area contributed by atoms with Crippen LogP contribution in [0.25, 0.3) is 11.0 Å². The molecule has 22 heavy (non-hydrogen) atoms. The largest absolute Gasteiger partial charge is 0.494 e. The van der Waals surface area contributed by atoms with E-state index in [4.69, 9.17) is 9.84 Å². The zero-order chi connectivity index (χ0) is 15.4. The molecule has 0 saturated heterocycles. The molecule has 0 radical (unpaired) electrons. The monoisotopic (exact) mass is 296 g/mol. The van der Waals surface area contributed by atoms with Crippen molar-refractivity contribution in [3.63, 3.8) is 0 Å². The number of hydrogen-bond acceptors (Lipinski definition) is 3. The molecule has 5 heteroatoms. The van der Waals surface area contributed by atoms with Crippen LogP contribution in [0.1, 0.15) is 16.8 Å². The second-order valence-corrected chi connectivity index (χ2v) is 4.96. The van der Waals surface area contributed by atoms with Gasteiger partial charge in [-0.3, -0.25) is 0 Å². The van der Waals surface area contributed by atoms with E-state index in [0.717, 1.165) is 24.0 Å². The molecule has 3 rings (SSSR count). The lowest BCUT2D eigenvalue weighted by Gasteiger charge is -2.07. The number of imidazole rings is 1. The SMILES string of the molecule is O=C(O)c1ccc(OCCCn2cnc3ccccc32)cc1. The quantitative estimate of drug-likeness (QED) is 0.709. The number of nitrogens with zero attached hydrogens (tertiary/aromatic N) is 2. The maximum absolute atomic E-state index is 10.8. The summed E-state index contributed by atoms with van der Waals surface area (Å²) in [5, 5.41) is 8.83. The van der Waals surface area contributed by atoms with Crippen molar-refractivity contribution in [3.05, 3.63) is 60.4 Å². The van der Waals surface area contributed by atoms with Gasteiger partial charge in [0.2, 0.25) is 0 Å². The Balaban J connectivity index is 1.52. The Hall–Kier alpha value is -2.82. The minimum absolute atomic E-state index is 0.261. The third kappa shape index (κ3) is 3.09. The van der Waals surface area contributed by atoms with Crippen LogP contribution < -0.4 is 4.74 Å². The highest BCUT2D eigenvalue weighted by Crippen LogP contribution is 2.14. The molecule has 0 bridgehead atoms. The number of para-hydroxylation sites is 2. The van der Waals surface area contributed by atoms with E-state index >= 15 is 0 Å². The average molecular weight is 296 g/mol. The molecule has 5 nitrogen and oxygen atoms in total. The Morgan fingerprint density at radius 3 is 2.68 bits per heavy atom. The van der Waals surface area contributed by atoms with Gasteiger partial charge < -0.3 is 14.4 Å². The van der Waals surface area contributed by atoms with E-state index in [1.807, 2.05) is 30.6 Å². The van der Waals surface area contributed by atoms with E-state index in [1.165, 1.54) is 0 Å². The number of rotatable bonds is 6. The number of aromatic nitrogens is 2. The van der Waals surface area contributed by atoms with E-state index in [-0.39, 0.29) is 5.56 Å².